The fraction of sp³-hybridized carbons (Fsp3) is 0.625. The Labute approximate surface area is 120 Å². The molecule has 1 fully saturated rings. The quantitative estimate of drug-likeness (QED) is 0.901. The van der Waals surface area contributed by atoms with Gasteiger partial charge in [-0.2, -0.15) is 0 Å². The van der Waals surface area contributed by atoms with E-state index in [2.05, 4.69) is 32.6 Å². The number of benzene rings is 1. The van der Waals surface area contributed by atoms with Gasteiger partial charge in [0.15, 0.2) is 0 Å². The summed E-state index contributed by atoms with van der Waals surface area (Å²) in [6.45, 7) is 11.8. The van der Waals surface area contributed by atoms with Gasteiger partial charge in [-0.15, -0.1) is 0 Å². The minimum atomic E-state index is -0.416. The second kappa shape index (κ2) is 5.01. The second-order valence-corrected chi connectivity index (χ2v) is 6.91. The zero-order chi connectivity index (χ0) is 15.1. The predicted octanol–water partition coefficient (Wildman–Crippen LogP) is 3.48. The molecule has 0 saturated carbocycles. The van der Waals surface area contributed by atoms with E-state index in [0.29, 0.717) is 0 Å². The van der Waals surface area contributed by atoms with E-state index in [9.17, 15) is 9.50 Å². The van der Waals surface area contributed by atoms with Gasteiger partial charge in [-0.1, -0.05) is 6.07 Å². The lowest BCUT2D eigenvalue weighted by atomic mass is 9.95. The fourth-order valence-electron chi connectivity index (χ4n) is 3.19. The van der Waals surface area contributed by atoms with E-state index in [0.717, 1.165) is 18.7 Å². The van der Waals surface area contributed by atoms with Gasteiger partial charge in [0.05, 0.1) is 11.2 Å². The van der Waals surface area contributed by atoms with Crippen LogP contribution in [0.4, 0.5) is 4.39 Å². The number of ether oxygens (including phenoxy) is 1. The molecule has 1 aliphatic rings. The molecule has 1 heterocycles. The Balaban J connectivity index is 2.26. The standard InChI is InChI=1S/C16H24FNO2/c1-11(13-7-6-12(17)8-14(13)19)18-9-15(2,3)20-16(4,5)10-18/h6-8,11,19H,9-10H2,1-5H3. The number of hydrogen-bond donors (Lipinski definition) is 1. The van der Waals surface area contributed by atoms with Crippen molar-refractivity contribution >= 4 is 0 Å². The van der Waals surface area contributed by atoms with E-state index < -0.39 is 5.82 Å². The summed E-state index contributed by atoms with van der Waals surface area (Å²) < 4.78 is 19.2. The summed E-state index contributed by atoms with van der Waals surface area (Å²) in [5.74, 6) is -0.402. The van der Waals surface area contributed by atoms with Gasteiger partial charge in [-0.05, 0) is 40.7 Å². The summed E-state index contributed by atoms with van der Waals surface area (Å²) >= 11 is 0. The molecule has 0 aliphatic carbocycles. The topological polar surface area (TPSA) is 32.7 Å². The first-order valence-electron chi connectivity index (χ1n) is 7.02. The molecule has 0 bridgehead atoms. The molecule has 1 saturated heterocycles. The molecule has 4 heteroatoms. The number of hydrogen-bond acceptors (Lipinski definition) is 3. The summed E-state index contributed by atoms with van der Waals surface area (Å²) in [5.41, 5.74) is 0.261. The normalized spacial score (nSPS) is 23.5. The Morgan fingerprint density at radius 2 is 1.75 bits per heavy atom. The lowest BCUT2D eigenvalue weighted by molar-refractivity contribution is -0.187. The van der Waals surface area contributed by atoms with E-state index in [1.165, 1.54) is 12.1 Å². The summed E-state index contributed by atoms with van der Waals surface area (Å²) in [7, 11) is 0. The third kappa shape index (κ3) is 3.30. The van der Waals surface area contributed by atoms with E-state index >= 15 is 0 Å². The number of halogens is 1. The SMILES string of the molecule is CC(c1ccc(F)cc1O)N1CC(C)(C)OC(C)(C)C1. The highest BCUT2D eigenvalue weighted by molar-refractivity contribution is 5.35. The monoisotopic (exact) mass is 281 g/mol. The molecule has 1 aliphatic heterocycles. The molecule has 2 rings (SSSR count). The smallest absolute Gasteiger partial charge is 0.126 e. The van der Waals surface area contributed by atoms with Crippen molar-refractivity contribution in [3.63, 3.8) is 0 Å². The number of nitrogens with zero attached hydrogens (tertiary/aromatic N) is 1. The molecular formula is C16H24FNO2. The molecule has 1 N–H and O–H groups in total. The lowest BCUT2D eigenvalue weighted by Gasteiger charge is -2.49. The molecule has 1 atom stereocenters. The van der Waals surface area contributed by atoms with Crippen LogP contribution >= 0.6 is 0 Å². The minimum Gasteiger partial charge on any atom is -0.508 e. The Morgan fingerprint density at radius 3 is 2.25 bits per heavy atom. The van der Waals surface area contributed by atoms with Gasteiger partial charge in [-0.25, -0.2) is 4.39 Å². The zero-order valence-corrected chi connectivity index (χ0v) is 12.9. The third-order valence-electron chi connectivity index (χ3n) is 3.71. The molecule has 1 aromatic rings. The first kappa shape index (κ1) is 15.3. The average Bonchev–Trinajstić information content (AvgIpc) is 2.23. The largest absolute Gasteiger partial charge is 0.508 e. The molecule has 0 spiro atoms. The molecule has 0 amide bonds. The third-order valence-corrected chi connectivity index (χ3v) is 3.71. The summed E-state index contributed by atoms with van der Waals surface area (Å²) in [4.78, 5) is 2.27. The maximum Gasteiger partial charge on any atom is 0.126 e. The maximum absolute atomic E-state index is 13.1. The highest BCUT2D eigenvalue weighted by atomic mass is 19.1. The molecule has 20 heavy (non-hydrogen) atoms. The van der Waals surface area contributed by atoms with Gasteiger partial charge in [0.25, 0.3) is 0 Å². The van der Waals surface area contributed by atoms with Crippen LogP contribution in [0.3, 0.4) is 0 Å². The van der Waals surface area contributed by atoms with Crippen molar-refractivity contribution in [2.24, 2.45) is 0 Å². The van der Waals surface area contributed by atoms with E-state index in [4.69, 9.17) is 4.74 Å². The van der Waals surface area contributed by atoms with Crippen molar-refractivity contribution in [1.29, 1.82) is 0 Å². The number of phenols is 1. The van der Waals surface area contributed by atoms with Crippen LogP contribution in [0.2, 0.25) is 0 Å². The van der Waals surface area contributed by atoms with Crippen molar-refractivity contribution in [1.82, 2.24) is 4.90 Å². The van der Waals surface area contributed by atoms with Gasteiger partial charge in [0.1, 0.15) is 11.6 Å². The molecule has 0 aromatic heterocycles. The highest BCUT2D eigenvalue weighted by Crippen LogP contribution is 2.36. The van der Waals surface area contributed by atoms with E-state index in [-0.39, 0.29) is 23.0 Å². The van der Waals surface area contributed by atoms with E-state index in [1.807, 2.05) is 6.92 Å². The second-order valence-electron chi connectivity index (χ2n) is 6.91. The van der Waals surface area contributed by atoms with Crippen LogP contribution in [0, 0.1) is 5.82 Å². The van der Waals surface area contributed by atoms with Crippen molar-refractivity contribution in [2.45, 2.75) is 51.9 Å². The van der Waals surface area contributed by atoms with Crippen LogP contribution < -0.4 is 0 Å². The highest BCUT2D eigenvalue weighted by Gasteiger charge is 2.40. The van der Waals surface area contributed by atoms with Crippen LogP contribution in [0.5, 0.6) is 5.75 Å². The summed E-state index contributed by atoms with van der Waals surface area (Å²) in [6, 6.07) is 4.23. The van der Waals surface area contributed by atoms with Gasteiger partial charge >= 0.3 is 0 Å². The lowest BCUT2D eigenvalue weighted by Crippen LogP contribution is -2.57. The number of morpholine rings is 1. The number of aromatic hydroxyl groups is 1. The molecule has 0 radical (unpaired) electrons. The van der Waals surface area contributed by atoms with Crippen LogP contribution in [0.1, 0.15) is 46.2 Å². The molecule has 3 nitrogen and oxygen atoms in total. The maximum atomic E-state index is 13.1. The van der Waals surface area contributed by atoms with Gasteiger partial charge < -0.3 is 9.84 Å². The van der Waals surface area contributed by atoms with Crippen LogP contribution in [0.25, 0.3) is 0 Å². The van der Waals surface area contributed by atoms with Crippen molar-refractivity contribution < 1.29 is 14.2 Å². The summed E-state index contributed by atoms with van der Waals surface area (Å²) in [6.07, 6.45) is 0. The Bertz CT molecular complexity index is 483. The van der Waals surface area contributed by atoms with Crippen LogP contribution in [0.15, 0.2) is 18.2 Å². The van der Waals surface area contributed by atoms with Crippen LogP contribution in [-0.4, -0.2) is 34.3 Å². The number of rotatable bonds is 2. The Hall–Kier alpha value is -1.13. The first-order valence-corrected chi connectivity index (χ1v) is 7.02. The predicted molar refractivity (Wildman–Crippen MR) is 77.3 cm³/mol. The van der Waals surface area contributed by atoms with Crippen molar-refractivity contribution in [3.05, 3.63) is 29.6 Å². The van der Waals surface area contributed by atoms with Gasteiger partial charge in [0, 0.05) is 30.8 Å². The van der Waals surface area contributed by atoms with Gasteiger partial charge in [0.2, 0.25) is 0 Å². The molecule has 1 aromatic carbocycles. The minimum absolute atomic E-state index is 0.0121. The fourth-order valence-corrected chi connectivity index (χ4v) is 3.19. The first-order chi connectivity index (χ1) is 9.10. The molecule has 1 unspecified atom stereocenters. The zero-order valence-electron chi connectivity index (χ0n) is 12.9. The molecular weight excluding hydrogens is 257 g/mol. The Morgan fingerprint density at radius 1 is 1.20 bits per heavy atom. The average molecular weight is 281 g/mol. The number of phenolic OH excluding ortho intramolecular Hbond substituents is 1. The summed E-state index contributed by atoms with van der Waals surface area (Å²) in [5, 5.41) is 9.95. The Kier molecular flexibility index (Phi) is 3.82. The molecule has 112 valence electrons. The van der Waals surface area contributed by atoms with Crippen molar-refractivity contribution in [3.8, 4) is 5.75 Å². The van der Waals surface area contributed by atoms with Crippen LogP contribution in [-0.2, 0) is 4.74 Å². The van der Waals surface area contributed by atoms with Gasteiger partial charge in [-0.3, -0.25) is 4.90 Å². The van der Waals surface area contributed by atoms with E-state index in [1.54, 1.807) is 6.07 Å². The van der Waals surface area contributed by atoms with Crippen molar-refractivity contribution in [2.75, 3.05) is 13.1 Å².